The summed E-state index contributed by atoms with van der Waals surface area (Å²) < 4.78 is 5.16. The van der Waals surface area contributed by atoms with Crippen LogP contribution in [-0.4, -0.2) is 4.57 Å². The molecule has 2 heteroatoms. The first-order valence-electron chi connectivity index (χ1n) is 12.3. The second-order valence-corrected chi connectivity index (χ2v) is 10.4. The molecule has 0 N–H and O–H groups in total. The van der Waals surface area contributed by atoms with Gasteiger partial charge in [-0.25, -0.2) is 0 Å². The minimum absolute atomic E-state index is 1.23. The second-order valence-electron chi connectivity index (χ2n) is 9.37. The van der Waals surface area contributed by atoms with Gasteiger partial charge in [0.15, 0.2) is 0 Å². The molecule has 36 heavy (non-hydrogen) atoms. The van der Waals surface area contributed by atoms with Crippen LogP contribution in [-0.2, 0) is 0 Å². The number of hydrogen-bond donors (Lipinski definition) is 0. The van der Waals surface area contributed by atoms with Gasteiger partial charge >= 0.3 is 0 Å². The number of rotatable bonds is 2. The maximum atomic E-state index is 2.49. The van der Waals surface area contributed by atoms with Crippen molar-refractivity contribution in [1.82, 2.24) is 4.57 Å². The zero-order valence-corrected chi connectivity index (χ0v) is 20.3. The van der Waals surface area contributed by atoms with Crippen LogP contribution in [0.15, 0.2) is 127 Å². The molecule has 6 aromatic carbocycles. The van der Waals surface area contributed by atoms with Gasteiger partial charge in [0.1, 0.15) is 0 Å². The average molecular weight is 476 g/mol. The van der Waals surface area contributed by atoms with Crippen LogP contribution in [0.4, 0.5) is 0 Å². The highest BCUT2D eigenvalue weighted by Crippen LogP contribution is 2.44. The van der Waals surface area contributed by atoms with Crippen molar-refractivity contribution < 1.29 is 0 Å². The number of hydrogen-bond acceptors (Lipinski definition) is 1. The summed E-state index contributed by atoms with van der Waals surface area (Å²) in [5, 5.41) is 7.78. The Kier molecular flexibility index (Phi) is 4.16. The van der Waals surface area contributed by atoms with Gasteiger partial charge in [0.2, 0.25) is 0 Å². The van der Waals surface area contributed by atoms with Crippen LogP contribution in [0.2, 0.25) is 0 Å². The standard InChI is InChI=1S/C34H21NS/c1-2-9-22(10-3-1)24-17-20-32-29(21-24)28-19-18-27-26-14-6-7-15-31(26)35(33(27)34(28)36-32)30-16-8-12-23-11-4-5-13-25(23)30/h1-21H. The maximum absolute atomic E-state index is 2.49. The molecule has 8 aromatic rings. The highest BCUT2D eigenvalue weighted by Gasteiger charge is 2.18. The van der Waals surface area contributed by atoms with Gasteiger partial charge in [-0.2, -0.15) is 0 Å². The fourth-order valence-corrected chi connectivity index (χ4v) is 6.97. The van der Waals surface area contributed by atoms with Crippen LogP contribution in [0.3, 0.4) is 0 Å². The molecule has 0 saturated carbocycles. The normalized spacial score (nSPS) is 11.9. The number of aromatic nitrogens is 1. The quantitative estimate of drug-likeness (QED) is 0.234. The van der Waals surface area contributed by atoms with E-state index in [9.17, 15) is 0 Å². The lowest BCUT2D eigenvalue weighted by atomic mass is 10.0. The summed E-state index contributed by atoms with van der Waals surface area (Å²) in [6, 6.07) is 46.4. The third kappa shape index (κ3) is 2.76. The first-order valence-corrected chi connectivity index (χ1v) is 13.1. The van der Waals surface area contributed by atoms with Gasteiger partial charge in [0.05, 0.1) is 21.4 Å². The number of para-hydroxylation sites is 1. The molecule has 0 spiro atoms. The lowest BCUT2D eigenvalue weighted by Gasteiger charge is -2.12. The molecule has 0 aliphatic heterocycles. The van der Waals surface area contributed by atoms with E-state index in [0.29, 0.717) is 0 Å². The molecular weight excluding hydrogens is 454 g/mol. The van der Waals surface area contributed by atoms with Gasteiger partial charge in [0, 0.05) is 31.6 Å². The van der Waals surface area contributed by atoms with E-state index >= 15 is 0 Å². The third-order valence-electron chi connectivity index (χ3n) is 7.39. The molecule has 0 amide bonds. The van der Waals surface area contributed by atoms with Gasteiger partial charge in [-0.05, 0) is 40.8 Å². The van der Waals surface area contributed by atoms with E-state index in [2.05, 4.69) is 132 Å². The number of benzene rings is 6. The molecule has 168 valence electrons. The van der Waals surface area contributed by atoms with E-state index in [-0.39, 0.29) is 0 Å². The Morgan fingerprint density at radius 3 is 2.14 bits per heavy atom. The predicted molar refractivity (Wildman–Crippen MR) is 157 cm³/mol. The van der Waals surface area contributed by atoms with Crippen molar-refractivity contribution in [3.8, 4) is 16.8 Å². The Hall–Kier alpha value is -4.40. The highest BCUT2D eigenvalue weighted by atomic mass is 32.1. The first-order chi connectivity index (χ1) is 17.9. The molecule has 0 radical (unpaired) electrons. The molecule has 0 aliphatic carbocycles. The van der Waals surface area contributed by atoms with E-state index in [1.54, 1.807) is 0 Å². The average Bonchev–Trinajstić information content (AvgIpc) is 3.48. The van der Waals surface area contributed by atoms with Crippen molar-refractivity contribution in [3.63, 3.8) is 0 Å². The zero-order valence-electron chi connectivity index (χ0n) is 19.5. The Morgan fingerprint density at radius 1 is 0.472 bits per heavy atom. The topological polar surface area (TPSA) is 4.93 Å². The van der Waals surface area contributed by atoms with Crippen LogP contribution >= 0.6 is 11.3 Å². The molecule has 0 bridgehead atoms. The minimum Gasteiger partial charge on any atom is -0.307 e. The molecule has 0 atom stereocenters. The lowest BCUT2D eigenvalue weighted by molar-refractivity contribution is 1.21. The Balaban J connectivity index is 1.53. The number of nitrogens with zero attached hydrogens (tertiary/aromatic N) is 1. The van der Waals surface area contributed by atoms with Gasteiger partial charge in [0.25, 0.3) is 0 Å². The Labute approximate surface area is 212 Å². The van der Waals surface area contributed by atoms with Crippen LogP contribution in [0.5, 0.6) is 0 Å². The van der Waals surface area contributed by atoms with Crippen molar-refractivity contribution in [1.29, 1.82) is 0 Å². The van der Waals surface area contributed by atoms with Gasteiger partial charge < -0.3 is 4.57 Å². The summed E-state index contributed by atoms with van der Waals surface area (Å²) in [4.78, 5) is 0. The van der Waals surface area contributed by atoms with Gasteiger partial charge in [-0.3, -0.25) is 0 Å². The Bertz CT molecular complexity index is 2090. The maximum Gasteiger partial charge on any atom is 0.0720 e. The summed E-state index contributed by atoms with van der Waals surface area (Å²) >= 11 is 1.90. The lowest BCUT2D eigenvalue weighted by Crippen LogP contribution is -1.95. The summed E-state index contributed by atoms with van der Waals surface area (Å²) in [7, 11) is 0. The highest BCUT2D eigenvalue weighted by molar-refractivity contribution is 7.26. The molecule has 2 aromatic heterocycles. The van der Waals surface area contributed by atoms with Crippen molar-refractivity contribution in [3.05, 3.63) is 127 Å². The van der Waals surface area contributed by atoms with Crippen molar-refractivity contribution in [2.24, 2.45) is 0 Å². The number of fused-ring (bicyclic) bond motifs is 8. The van der Waals surface area contributed by atoms with E-state index < -0.39 is 0 Å². The zero-order chi connectivity index (χ0) is 23.6. The van der Waals surface area contributed by atoms with Crippen molar-refractivity contribution in [2.75, 3.05) is 0 Å². The largest absolute Gasteiger partial charge is 0.307 e. The summed E-state index contributed by atoms with van der Waals surface area (Å²) in [6.45, 7) is 0. The fraction of sp³-hybridized carbons (Fsp3) is 0. The molecule has 0 unspecified atom stereocenters. The van der Waals surface area contributed by atoms with Crippen molar-refractivity contribution in [2.45, 2.75) is 0 Å². The smallest absolute Gasteiger partial charge is 0.0720 e. The molecular formula is C34H21NS. The molecule has 0 aliphatic rings. The van der Waals surface area contributed by atoms with Crippen molar-refractivity contribution >= 4 is 64.1 Å². The monoisotopic (exact) mass is 475 g/mol. The molecule has 2 heterocycles. The van der Waals surface area contributed by atoms with E-state index in [4.69, 9.17) is 0 Å². The van der Waals surface area contributed by atoms with Crippen LogP contribution in [0, 0.1) is 0 Å². The molecule has 0 saturated heterocycles. The molecule has 8 rings (SSSR count). The van der Waals surface area contributed by atoms with E-state index in [0.717, 1.165) is 0 Å². The Morgan fingerprint density at radius 2 is 1.22 bits per heavy atom. The van der Waals surface area contributed by atoms with E-state index in [1.165, 1.54) is 69.6 Å². The van der Waals surface area contributed by atoms with Crippen LogP contribution < -0.4 is 0 Å². The van der Waals surface area contributed by atoms with Crippen LogP contribution in [0.1, 0.15) is 0 Å². The van der Waals surface area contributed by atoms with E-state index in [1.807, 2.05) is 11.3 Å². The summed E-state index contributed by atoms with van der Waals surface area (Å²) in [5.41, 5.74) is 6.29. The minimum atomic E-state index is 1.23. The summed E-state index contributed by atoms with van der Waals surface area (Å²) in [5.74, 6) is 0. The van der Waals surface area contributed by atoms with Gasteiger partial charge in [-0.15, -0.1) is 11.3 Å². The van der Waals surface area contributed by atoms with Crippen LogP contribution in [0.25, 0.3) is 69.6 Å². The fourth-order valence-electron chi connectivity index (χ4n) is 5.75. The SMILES string of the molecule is c1ccc(-c2ccc3sc4c(ccc5c6ccccc6n(-c6cccc7ccccc67)c54)c3c2)cc1. The first kappa shape index (κ1) is 19.9. The molecule has 0 fully saturated rings. The van der Waals surface area contributed by atoms with Gasteiger partial charge in [-0.1, -0.05) is 103 Å². The number of thiophene rings is 1. The predicted octanol–water partition coefficient (Wildman–Crippen LogP) is 9.97. The molecule has 1 nitrogen and oxygen atoms in total. The summed E-state index contributed by atoms with van der Waals surface area (Å²) in [6.07, 6.45) is 0. The third-order valence-corrected chi connectivity index (χ3v) is 8.58. The second kappa shape index (κ2) is 7.55.